The number of nitrogens with zero attached hydrogens (tertiary/aromatic N) is 3. The van der Waals surface area contributed by atoms with E-state index < -0.39 is 10.0 Å². The Balaban J connectivity index is 1.53. The zero-order valence-corrected chi connectivity index (χ0v) is 18.1. The summed E-state index contributed by atoms with van der Waals surface area (Å²) in [5.41, 5.74) is 2.11. The number of hydrogen-bond acceptors (Lipinski definition) is 6. The largest absolute Gasteiger partial charge is 0.493 e. The number of rotatable bonds is 5. The highest BCUT2D eigenvalue weighted by Gasteiger charge is 2.30. The minimum atomic E-state index is -3.62. The SMILES string of the molecule is COc1ccc(S(=O)(=O)N2CCN(c3cc(C)c4ccccc4n3)CC2)cc1OC. The second kappa shape index (κ2) is 8.12. The fourth-order valence-corrected chi connectivity index (χ4v) is 5.22. The highest BCUT2D eigenvalue weighted by Crippen LogP contribution is 2.31. The van der Waals surface area contributed by atoms with Gasteiger partial charge in [0.2, 0.25) is 10.0 Å². The van der Waals surface area contributed by atoms with Gasteiger partial charge in [0.05, 0.1) is 24.6 Å². The fraction of sp³-hybridized carbons (Fsp3) is 0.318. The molecule has 0 saturated carbocycles. The van der Waals surface area contributed by atoms with Gasteiger partial charge >= 0.3 is 0 Å². The first kappa shape index (κ1) is 20.4. The Bertz CT molecular complexity index is 1170. The summed E-state index contributed by atoms with van der Waals surface area (Å²) in [5.74, 6) is 1.78. The van der Waals surface area contributed by atoms with Gasteiger partial charge in [-0.1, -0.05) is 18.2 Å². The number of fused-ring (bicyclic) bond motifs is 1. The Kier molecular flexibility index (Phi) is 5.53. The van der Waals surface area contributed by atoms with Crippen molar-refractivity contribution in [2.45, 2.75) is 11.8 Å². The molecule has 158 valence electrons. The molecule has 1 aliphatic heterocycles. The molecule has 1 saturated heterocycles. The Morgan fingerprint density at radius 2 is 1.60 bits per heavy atom. The van der Waals surface area contributed by atoms with Crippen molar-refractivity contribution < 1.29 is 17.9 Å². The lowest BCUT2D eigenvalue weighted by molar-refractivity contribution is 0.353. The molecule has 0 N–H and O–H groups in total. The van der Waals surface area contributed by atoms with Crippen LogP contribution in [0.3, 0.4) is 0 Å². The number of hydrogen-bond donors (Lipinski definition) is 0. The first-order chi connectivity index (χ1) is 14.4. The summed E-state index contributed by atoms with van der Waals surface area (Å²) in [6, 6.07) is 14.8. The van der Waals surface area contributed by atoms with Crippen LogP contribution in [0, 0.1) is 6.92 Å². The van der Waals surface area contributed by atoms with Crippen LogP contribution in [0.5, 0.6) is 11.5 Å². The van der Waals surface area contributed by atoms with Crippen LogP contribution >= 0.6 is 0 Å². The van der Waals surface area contributed by atoms with Crippen molar-refractivity contribution in [3.8, 4) is 11.5 Å². The van der Waals surface area contributed by atoms with Crippen molar-refractivity contribution in [1.29, 1.82) is 0 Å². The molecule has 4 rings (SSSR count). The highest BCUT2D eigenvalue weighted by atomic mass is 32.2. The fourth-order valence-electron chi connectivity index (χ4n) is 3.78. The summed E-state index contributed by atoms with van der Waals surface area (Å²) in [5, 5.41) is 1.14. The molecule has 0 bridgehead atoms. The normalized spacial score (nSPS) is 15.4. The maximum absolute atomic E-state index is 13.1. The van der Waals surface area contributed by atoms with E-state index in [0.29, 0.717) is 37.7 Å². The van der Waals surface area contributed by atoms with Gasteiger partial charge < -0.3 is 14.4 Å². The van der Waals surface area contributed by atoms with Gasteiger partial charge in [0.15, 0.2) is 11.5 Å². The van der Waals surface area contributed by atoms with E-state index in [1.54, 1.807) is 12.1 Å². The van der Waals surface area contributed by atoms with E-state index in [0.717, 1.165) is 22.3 Å². The minimum absolute atomic E-state index is 0.202. The number of ether oxygens (including phenoxy) is 2. The molecule has 0 aliphatic carbocycles. The van der Waals surface area contributed by atoms with Gasteiger partial charge in [-0.2, -0.15) is 4.31 Å². The molecule has 2 aromatic carbocycles. The van der Waals surface area contributed by atoms with E-state index in [2.05, 4.69) is 24.0 Å². The van der Waals surface area contributed by atoms with Crippen molar-refractivity contribution >= 4 is 26.7 Å². The summed E-state index contributed by atoms with van der Waals surface area (Å²) < 4.78 is 38.2. The van der Waals surface area contributed by atoms with Gasteiger partial charge in [-0.05, 0) is 36.8 Å². The summed E-state index contributed by atoms with van der Waals surface area (Å²) in [6.07, 6.45) is 0. The van der Waals surface area contributed by atoms with Crippen LogP contribution in [0.2, 0.25) is 0 Å². The molecule has 0 radical (unpaired) electrons. The van der Waals surface area contributed by atoms with Gasteiger partial charge in [0.1, 0.15) is 5.82 Å². The predicted molar refractivity (Wildman–Crippen MR) is 117 cm³/mol. The maximum Gasteiger partial charge on any atom is 0.243 e. The van der Waals surface area contributed by atoms with E-state index in [4.69, 9.17) is 14.5 Å². The van der Waals surface area contributed by atoms with Crippen LogP contribution in [0.25, 0.3) is 10.9 Å². The number of anilines is 1. The average molecular weight is 428 g/mol. The third kappa shape index (κ3) is 3.68. The summed E-state index contributed by atoms with van der Waals surface area (Å²) in [7, 11) is -0.604. The highest BCUT2D eigenvalue weighted by molar-refractivity contribution is 7.89. The lowest BCUT2D eigenvalue weighted by Gasteiger charge is -2.35. The zero-order chi connectivity index (χ0) is 21.3. The molecule has 0 spiro atoms. The quantitative estimate of drug-likeness (QED) is 0.623. The maximum atomic E-state index is 13.1. The minimum Gasteiger partial charge on any atom is -0.493 e. The van der Waals surface area contributed by atoms with E-state index in [-0.39, 0.29) is 4.90 Å². The Morgan fingerprint density at radius 3 is 2.30 bits per heavy atom. The number of benzene rings is 2. The summed E-state index contributed by atoms with van der Waals surface area (Å²) in [4.78, 5) is 7.12. The Morgan fingerprint density at radius 1 is 0.900 bits per heavy atom. The zero-order valence-electron chi connectivity index (χ0n) is 17.3. The molecule has 7 nitrogen and oxygen atoms in total. The van der Waals surface area contributed by atoms with Crippen molar-refractivity contribution in [1.82, 2.24) is 9.29 Å². The van der Waals surface area contributed by atoms with Crippen LogP contribution in [0.4, 0.5) is 5.82 Å². The van der Waals surface area contributed by atoms with Crippen molar-refractivity contribution in [3.05, 3.63) is 54.1 Å². The lowest BCUT2D eigenvalue weighted by atomic mass is 10.1. The second-order valence-corrected chi connectivity index (χ2v) is 9.16. The average Bonchev–Trinajstić information content (AvgIpc) is 2.78. The Labute approximate surface area is 176 Å². The molecule has 0 atom stereocenters. The van der Waals surface area contributed by atoms with Crippen LogP contribution in [-0.4, -0.2) is 58.1 Å². The molecule has 0 amide bonds. The van der Waals surface area contributed by atoms with Gasteiger partial charge in [0.25, 0.3) is 0 Å². The molecule has 8 heteroatoms. The van der Waals surface area contributed by atoms with E-state index in [1.807, 2.05) is 18.2 Å². The predicted octanol–water partition coefficient (Wildman–Crippen LogP) is 3.07. The van der Waals surface area contributed by atoms with E-state index in [1.165, 1.54) is 24.6 Å². The van der Waals surface area contributed by atoms with E-state index >= 15 is 0 Å². The van der Waals surface area contributed by atoms with Gasteiger partial charge in [-0.25, -0.2) is 13.4 Å². The van der Waals surface area contributed by atoms with E-state index in [9.17, 15) is 8.42 Å². The van der Waals surface area contributed by atoms with Gasteiger partial charge in [0, 0.05) is 37.6 Å². The molecule has 3 aromatic rings. The lowest BCUT2D eigenvalue weighted by Crippen LogP contribution is -2.48. The number of sulfonamides is 1. The topological polar surface area (TPSA) is 72.0 Å². The van der Waals surface area contributed by atoms with Gasteiger partial charge in [-0.15, -0.1) is 0 Å². The first-order valence-corrected chi connectivity index (χ1v) is 11.2. The molecular weight excluding hydrogens is 402 g/mol. The standard InChI is InChI=1S/C22H25N3O4S/c1-16-14-22(23-19-7-5-4-6-18(16)19)24-10-12-25(13-11-24)30(26,27)17-8-9-20(28-2)21(15-17)29-3/h4-9,14-15H,10-13H2,1-3H3. The monoisotopic (exact) mass is 427 g/mol. The van der Waals surface area contributed by atoms with Gasteiger partial charge in [-0.3, -0.25) is 0 Å². The number of pyridine rings is 1. The third-order valence-electron chi connectivity index (χ3n) is 5.46. The van der Waals surface area contributed by atoms with Crippen LogP contribution < -0.4 is 14.4 Å². The van der Waals surface area contributed by atoms with Crippen LogP contribution in [0.15, 0.2) is 53.4 Å². The number of methoxy groups -OCH3 is 2. The molecule has 2 heterocycles. The smallest absolute Gasteiger partial charge is 0.243 e. The molecule has 0 unspecified atom stereocenters. The van der Waals surface area contributed by atoms with Crippen LogP contribution in [-0.2, 0) is 10.0 Å². The second-order valence-electron chi connectivity index (χ2n) is 7.22. The summed E-state index contributed by atoms with van der Waals surface area (Å²) >= 11 is 0. The molecule has 1 fully saturated rings. The molecule has 30 heavy (non-hydrogen) atoms. The van der Waals surface area contributed by atoms with Crippen molar-refractivity contribution in [3.63, 3.8) is 0 Å². The number of para-hydroxylation sites is 1. The van der Waals surface area contributed by atoms with Crippen LogP contribution in [0.1, 0.15) is 5.56 Å². The van der Waals surface area contributed by atoms with Crippen molar-refractivity contribution in [2.75, 3.05) is 45.3 Å². The molecule has 1 aromatic heterocycles. The number of aryl methyl sites for hydroxylation is 1. The molecule has 1 aliphatic rings. The molecular formula is C22H25N3O4S. The Hall–Kier alpha value is -2.84. The third-order valence-corrected chi connectivity index (χ3v) is 7.36. The number of piperazine rings is 1. The summed E-state index contributed by atoms with van der Waals surface area (Å²) in [6.45, 7) is 4.02. The number of aromatic nitrogens is 1. The first-order valence-electron chi connectivity index (χ1n) is 9.77. The van der Waals surface area contributed by atoms with Crippen molar-refractivity contribution in [2.24, 2.45) is 0 Å².